The summed E-state index contributed by atoms with van der Waals surface area (Å²) in [4.78, 5) is 18.6. The fraction of sp³-hybridized carbons (Fsp3) is 0.500. The summed E-state index contributed by atoms with van der Waals surface area (Å²) in [6, 6.07) is 6.06. The lowest BCUT2D eigenvalue weighted by Crippen LogP contribution is -2.38. The zero-order valence-corrected chi connectivity index (χ0v) is 19.8. The minimum absolute atomic E-state index is 0.0674. The Balaban J connectivity index is 1.41. The number of rotatable bonds is 5. The van der Waals surface area contributed by atoms with E-state index in [1.54, 1.807) is 6.20 Å². The highest BCUT2D eigenvalue weighted by atomic mass is 32.2. The number of aromatic nitrogens is 4. The largest absolute Gasteiger partial charge is 0.378 e. The number of anilines is 2. The van der Waals surface area contributed by atoms with Gasteiger partial charge in [-0.3, -0.25) is 4.98 Å². The lowest BCUT2D eigenvalue weighted by atomic mass is 9.96. The van der Waals surface area contributed by atoms with Crippen LogP contribution in [0.1, 0.15) is 24.6 Å². The highest BCUT2D eigenvalue weighted by molar-refractivity contribution is 7.87. The Labute approximate surface area is 194 Å². The van der Waals surface area contributed by atoms with Gasteiger partial charge in [-0.2, -0.15) is 12.7 Å². The molecule has 0 bridgehead atoms. The summed E-state index contributed by atoms with van der Waals surface area (Å²) in [5.41, 5.74) is 0.929. The van der Waals surface area contributed by atoms with E-state index < -0.39 is 10.2 Å². The molecule has 2 fully saturated rings. The van der Waals surface area contributed by atoms with Crippen LogP contribution in [-0.4, -0.2) is 85.1 Å². The van der Waals surface area contributed by atoms with E-state index in [1.807, 2.05) is 12.3 Å². The van der Waals surface area contributed by atoms with Gasteiger partial charge >= 0.3 is 10.2 Å². The summed E-state index contributed by atoms with van der Waals surface area (Å²) < 4.78 is 33.4. The van der Waals surface area contributed by atoms with E-state index in [9.17, 15) is 8.42 Å². The molecule has 2 aliphatic rings. The molecule has 0 aliphatic carbocycles. The minimum atomic E-state index is -3.59. The number of fused-ring (bicyclic) bond motifs is 1. The Morgan fingerprint density at radius 2 is 1.79 bits per heavy atom. The third-order valence-corrected chi connectivity index (χ3v) is 8.13. The Hall–Kier alpha value is -2.76. The molecule has 2 aliphatic heterocycles. The van der Waals surface area contributed by atoms with Gasteiger partial charge in [-0.25, -0.2) is 13.9 Å². The summed E-state index contributed by atoms with van der Waals surface area (Å²) >= 11 is 0. The maximum Gasteiger partial charge on any atom is 0.308 e. The number of piperidine rings is 1. The van der Waals surface area contributed by atoms with Gasteiger partial charge in [0.1, 0.15) is 17.5 Å². The molecule has 0 amide bonds. The van der Waals surface area contributed by atoms with Crippen LogP contribution in [-0.2, 0) is 14.9 Å². The Morgan fingerprint density at radius 1 is 1.03 bits per heavy atom. The second-order valence-corrected chi connectivity index (χ2v) is 10.6. The lowest BCUT2D eigenvalue weighted by molar-refractivity contribution is 0.122. The minimum Gasteiger partial charge on any atom is -0.378 e. The molecule has 0 unspecified atom stereocenters. The van der Waals surface area contributed by atoms with Crippen molar-refractivity contribution in [3.8, 4) is 0 Å². The Morgan fingerprint density at radius 3 is 2.52 bits per heavy atom. The third-order valence-electron chi connectivity index (χ3n) is 6.41. The maximum absolute atomic E-state index is 12.7. The van der Waals surface area contributed by atoms with Gasteiger partial charge in [0.05, 0.1) is 18.7 Å². The summed E-state index contributed by atoms with van der Waals surface area (Å²) in [6.07, 6.45) is 6.50. The van der Waals surface area contributed by atoms with Gasteiger partial charge in [0.25, 0.3) is 0 Å². The maximum atomic E-state index is 12.7. The van der Waals surface area contributed by atoms with Crippen LogP contribution in [0.5, 0.6) is 0 Å². The van der Waals surface area contributed by atoms with Crippen LogP contribution in [0.4, 0.5) is 11.6 Å². The fourth-order valence-electron chi connectivity index (χ4n) is 4.55. The third kappa shape index (κ3) is 4.16. The molecule has 10 nitrogen and oxygen atoms in total. The smallest absolute Gasteiger partial charge is 0.308 e. The first-order valence-electron chi connectivity index (χ1n) is 11.2. The Bertz CT molecular complexity index is 1230. The van der Waals surface area contributed by atoms with Crippen LogP contribution in [0.25, 0.3) is 10.9 Å². The standard InChI is InChI=1S/C22H29N7O3S/c1-26(2)33(30,31)29-11-8-24-21(29)17-5-9-28(10-6-17)22-18-4-3-7-23-19(18)16-20(25-22)27-12-14-32-15-13-27/h3-4,7-8,11,16-17H,5-6,9-10,12-15H2,1-2H3. The van der Waals surface area contributed by atoms with E-state index in [-0.39, 0.29) is 5.92 Å². The SMILES string of the molecule is CN(C)S(=O)(=O)n1ccnc1C1CCN(c2nc(N3CCOCC3)cc3ncccc23)CC1. The van der Waals surface area contributed by atoms with Crippen LogP contribution in [0, 0.1) is 0 Å². The van der Waals surface area contributed by atoms with Gasteiger partial charge in [0.2, 0.25) is 0 Å². The number of nitrogens with zero attached hydrogens (tertiary/aromatic N) is 7. The summed E-state index contributed by atoms with van der Waals surface area (Å²) in [6.45, 7) is 4.56. The van der Waals surface area contributed by atoms with Crippen molar-refractivity contribution in [2.24, 2.45) is 0 Å². The number of hydrogen-bond donors (Lipinski definition) is 0. The van der Waals surface area contributed by atoms with Crippen molar-refractivity contribution in [2.75, 3.05) is 63.3 Å². The quantitative estimate of drug-likeness (QED) is 0.555. The molecule has 5 heterocycles. The van der Waals surface area contributed by atoms with Crippen molar-refractivity contribution in [1.82, 2.24) is 23.2 Å². The fourth-order valence-corrected chi connectivity index (χ4v) is 5.54. The molecule has 33 heavy (non-hydrogen) atoms. The van der Waals surface area contributed by atoms with E-state index in [2.05, 4.69) is 31.9 Å². The zero-order chi connectivity index (χ0) is 23.0. The van der Waals surface area contributed by atoms with Crippen molar-refractivity contribution < 1.29 is 13.2 Å². The molecule has 0 aromatic carbocycles. The van der Waals surface area contributed by atoms with Crippen LogP contribution in [0.2, 0.25) is 0 Å². The van der Waals surface area contributed by atoms with Gasteiger partial charge in [0.15, 0.2) is 0 Å². The highest BCUT2D eigenvalue weighted by Crippen LogP contribution is 2.34. The van der Waals surface area contributed by atoms with Crippen LogP contribution in [0.3, 0.4) is 0 Å². The van der Waals surface area contributed by atoms with Crippen LogP contribution >= 0.6 is 0 Å². The van der Waals surface area contributed by atoms with Gasteiger partial charge in [-0.15, -0.1) is 0 Å². The van der Waals surface area contributed by atoms with E-state index >= 15 is 0 Å². The number of imidazole rings is 1. The van der Waals surface area contributed by atoms with Crippen molar-refractivity contribution in [2.45, 2.75) is 18.8 Å². The molecule has 5 rings (SSSR count). The van der Waals surface area contributed by atoms with E-state index in [4.69, 9.17) is 9.72 Å². The second-order valence-electron chi connectivity index (χ2n) is 8.61. The van der Waals surface area contributed by atoms with Gasteiger partial charge < -0.3 is 14.5 Å². The van der Waals surface area contributed by atoms with Crippen LogP contribution in [0.15, 0.2) is 36.8 Å². The molecule has 0 radical (unpaired) electrons. The molecule has 0 saturated carbocycles. The molecule has 0 spiro atoms. The molecular formula is C22H29N7O3S. The zero-order valence-electron chi connectivity index (χ0n) is 19.0. The van der Waals surface area contributed by atoms with Crippen molar-refractivity contribution in [3.63, 3.8) is 0 Å². The normalized spacial score (nSPS) is 18.4. The molecule has 3 aromatic rings. The molecular weight excluding hydrogens is 442 g/mol. The molecule has 176 valence electrons. The van der Waals surface area contributed by atoms with Gasteiger partial charge in [-0.1, -0.05) is 0 Å². The predicted molar refractivity (Wildman–Crippen MR) is 127 cm³/mol. The average molecular weight is 472 g/mol. The monoisotopic (exact) mass is 471 g/mol. The number of ether oxygens (including phenoxy) is 1. The lowest BCUT2D eigenvalue weighted by Gasteiger charge is -2.34. The first-order valence-corrected chi connectivity index (χ1v) is 12.6. The number of pyridine rings is 2. The summed E-state index contributed by atoms with van der Waals surface area (Å²) in [5.74, 6) is 2.53. The van der Waals surface area contributed by atoms with Gasteiger partial charge in [-0.05, 0) is 25.0 Å². The highest BCUT2D eigenvalue weighted by Gasteiger charge is 2.30. The van der Waals surface area contributed by atoms with Crippen molar-refractivity contribution in [3.05, 3.63) is 42.6 Å². The summed E-state index contributed by atoms with van der Waals surface area (Å²) in [5, 5.41) is 1.03. The predicted octanol–water partition coefficient (Wildman–Crippen LogP) is 1.70. The second kappa shape index (κ2) is 8.88. The van der Waals surface area contributed by atoms with E-state index in [1.165, 1.54) is 28.6 Å². The average Bonchev–Trinajstić information content (AvgIpc) is 3.35. The Kier molecular flexibility index (Phi) is 5.94. The first kappa shape index (κ1) is 22.1. The first-order chi connectivity index (χ1) is 15.9. The van der Waals surface area contributed by atoms with E-state index in [0.29, 0.717) is 19.0 Å². The molecule has 0 N–H and O–H groups in total. The van der Waals surface area contributed by atoms with Crippen molar-refractivity contribution in [1.29, 1.82) is 0 Å². The number of hydrogen-bond acceptors (Lipinski definition) is 8. The topological polar surface area (TPSA) is 96.7 Å². The molecule has 11 heteroatoms. The molecule has 0 atom stereocenters. The van der Waals surface area contributed by atoms with Gasteiger partial charge in [0, 0.05) is 76.2 Å². The molecule has 3 aromatic heterocycles. The van der Waals surface area contributed by atoms with Crippen molar-refractivity contribution >= 4 is 32.7 Å². The number of morpholine rings is 1. The molecule has 2 saturated heterocycles. The summed E-state index contributed by atoms with van der Waals surface area (Å²) in [7, 11) is -0.517. The van der Waals surface area contributed by atoms with Crippen LogP contribution < -0.4 is 9.80 Å². The van der Waals surface area contributed by atoms with E-state index in [0.717, 1.165) is 61.6 Å².